The number of aliphatic hydroxyl groups is 1. The summed E-state index contributed by atoms with van der Waals surface area (Å²) in [6.45, 7) is 0.0269. The molecule has 108 valence electrons. The summed E-state index contributed by atoms with van der Waals surface area (Å²) in [5, 5.41) is 15.8. The summed E-state index contributed by atoms with van der Waals surface area (Å²) in [7, 11) is 0. The Bertz CT molecular complexity index is 561. The van der Waals surface area contributed by atoms with Crippen LogP contribution in [0.2, 0.25) is 5.02 Å². The van der Waals surface area contributed by atoms with Gasteiger partial charge in [-0.1, -0.05) is 11.6 Å². The van der Waals surface area contributed by atoms with Crippen LogP contribution in [0, 0.1) is 5.82 Å². The van der Waals surface area contributed by atoms with Gasteiger partial charge in [0.1, 0.15) is 11.6 Å². The molecule has 0 fully saturated rings. The molecule has 2 rings (SSSR count). The topological polar surface area (TPSA) is 71.0 Å². The maximum absolute atomic E-state index is 13.3. The number of H-pyrrole nitrogens is 1. The van der Waals surface area contributed by atoms with Gasteiger partial charge in [-0.05, 0) is 40.9 Å². The molecular weight excluding hydrogens is 353 g/mol. The Morgan fingerprint density at radius 3 is 2.85 bits per heavy atom. The van der Waals surface area contributed by atoms with E-state index in [9.17, 15) is 4.39 Å². The number of benzene rings is 1. The number of nitrogens with zero attached hydrogens (tertiary/aromatic N) is 2. The molecule has 0 bridgehead atoms. The Kier molecular flexibility index (Phi) is 5.33. The summed E-state index contributed by atoms with van der Waals surface area (Å²) in [4.78, 5) is 4.12. The van der Waals surface area contributed by atoms with E-state index in [0.717, 1.165) is 0 Å². The average molecular weight is 365 g/mol. The Morgan fingerprint density at radius 2 is 2.25 bits per heavy atom. The summed E-state index contributed by atoms with van der Waals surface area (Å²) in [5.74, 6) is 0.309. The minimum Gasteiger partial charge on any atom is -0.482 e. The number of hydrogen-bond donors (Lipinski definition) is 2. The normalized spacial score (nSPS) is 12.4. The molecule has 1 aromatic carbocycles. The predicted molar refractivity (Wildman–Crippen MR) is 75.2 cm³/mol. The van der Waals surface area contributed by atoms with E-state index in [4.69, 9.17) is 21.4 Å². The monoisotopic (exact) mass is 363 g/mol. The van der Waals surface area contributed by atoms with E-state index in [0.29, 0.717) is 29.1 Å². The number of halogens is 3. The fraction of sp³-hybridized carbons (Fsp3) is 0.333. The summed E-state index contributed by atoms with van der Waals surface area (Å²) in [5.41, 5.74) is 0. The van der Waals surface area contributed by atoms with E-state index in [1.807, 2.05) is 0 Å². The molecule has 2 N–H and O–H groups in total. The van der Waals surface area contributed by atoms with Gasteiger partial charge < -0.3 is 9.84 Å². The third kappa shape index (κ3) is 4.16. The maximum Gasteiger partial charge on any atom is 0.217 e. The van der Waals surface area contributed by atoms with Crippen molar-refractivity contribution < 1.29 is 14.2 Å². The lowest BCUT2D eigenvalue weighted by Crippen LogP contribution is -2.10. The number of aromatic nitrogens is 3. The summed E-state index contributed by atoms with van der Waals surface area (Å²) < 4.78 is 19.4. The van der Waals surface area contributed by atoms with E-state index in [1.54, 1.807) is 0 Å². The number of nitrogens with one attached hydrogen (secondary N) is 1. The highest BCUT2D eigenvalue weighted by Gasteiger charge is 2.18. The molecular formula is C12H12BrClFN3O2. The Hall–Kier alpha value is -1.18. The SMILES string of the molecule is OCCCC(Oc1cc(F)cc(Cl)c1)c1nc(Br)n[nH]1. The van der Waals surface area contributed by atoms with Crippen LogP contribution in [-0.2, 0) is 0 Å². The van der Waals surface area contributed by atoms with Crippen LogP contribution < -0.4 is 4.74 Å². The lowest BCUT2D eigenvalue weighted by atomic mass is 10.2. The molecule has 1 heterocycles. The average Bonchev–Trinajstić information content (AvgIpc) is 2.80. The van der Waals surface area contributed by atoms with Crippen molar-refractivity contribution in [3.8, 4) is 5.75 Å². The highest BCUT2D eigenvalue weighted by atomic mass is 79.9. The lowest BCUT2D eigenvalue weighted by Gasteiger charge is -2.16. The van der Waals surface area contributed by atoms with Crippen molar-refractivity contribution in [1.82, 2.24) is 15.2 Å². The zero-order valence-electron chi connectivity index (χ0n) is 10.3. The molecule has 0 amide bonds. The Morgan fingerprint density at radius 1 is 1.45 bits per heavy atom. The van der Waals surface area contributed by atoms with Gasteiger partial charge in [-0.3, -0.25) is 5.10 Å². The van der Waals surface area contributed by atoms with Crippen LogP contribution in [0.5, 0.6) is 5.75 Å². The molecule has 0 spiro atoms. The van der Waals surface area contributed by atoms with Crippen LogP contribution in [0.1, 0.15) is 24.8 Å². The zero-order valence-corrected chi connectivity index (χ0v) is 12.7. The van der Waals surface area contributed by atoms with Crippen molar-refractivity contribution in [1.29, 1.82) is 0 Å². The van der Waals surface area contributed by atoms with Crippen LogP contribution >= 0.6 is 27.5 Å². The molecule has 5 nitrogen and oxygen atoms in total. The van der Waals surface area contributed by atoms with Crippen LogP contribution in [0.4, 0.5) is 4.39 Å². The smallest absolute Gasteiger partial charge is 0.217 e. The van der Waals surface area contributed by atoms with Gasteiger partial charge in [0.2, 0.25) is 4.73 Å². The van der Waals surface area contributed by atoms with Crippen molar-refractivity contribution in [3.63, 3.8) is 0 Å². The Balaban J connectivity index is 2.18. The van der Waals surface area contributed by atoms with Gasteiger partial charge in [0.25, 0.3) is 0 Å². The summed E-state index contributed by atoms with van der Waals surface area (Å²) >= 11 is 8.92. The van der Waals surface area contributed by atoms with E-state index in [1.165, 1.54) is 18.2 Å². The number of rotatable bonds is 6. The first-order chi connectivity index (χ1) is 9.58. The molecule has 0 aliphatic heterocycles. The fourth-order valence-electron chi connectivity index (χ4n) is 1.69. The maximum atomic E-state index is 13.3. The van der Waals surface area contributed by atoms with Crippen molar-refractivity contribution in [2.75, 3.05) is 6.61 Å². The number of ether oxygens (including phenoxy) is 1. The predicted octanol–water partition coefficient (Wildman–Crippen LogP) is 3.25. The zero-order chi connectivity index (χ0) is 14.5. The third-order valence-electron chi connectivity index (χ3n) is 2.52. The number of aliphatic hydroxyl groups excluding tert-OH is 1. The van der Waals surface area contributed by atoms with Crippen LogP contribution in [0.3, 0.4) is 0 Å². The summed E-state index contributed by atoms with van der Waals surface area (Å²) in [6, 6.07) is 3.95. The van der Waals surface area contributed by atoms with E-state index < -0.39 is 11.9 Å². The number of hydrogen-bond acceptors (Lipinski definition) is 4. The first kappa shape index (κ1) is 15.2. The van der Waals surface area contributed by atoms with Crippen molar-refractivity contribution in [2.24, 2.45) is 0 Å². The number of aromatic amines is 1. The molecule has 1 aromatic heterocycles. The molecule has 1 atom stereocenters. The van der Waals surface area contributed by atoms with Gasteiger partial charge in [0.15, 0.2) is 11.9 Å². The second kappa shape index (κ2) is 7.01. The van der Waals surface area contributed by atoms with Crippen LogP contribution in [-0.4, -0.2) is 26.9 Å². The van der Waals surface area contributed by atoms with Crippen molar-refractivity contribution >= 4 is 27.5 Å². The van der Waals surface area contributed by atoms with E-state index in [2.05, 4.69) is 31.1 Å². The van der Waals surface area contributed by atoms with Gasteiger partial charge >= 0.3 is 0 Å². The highest BCUT2D eigenvalue weighted by Crippen LogP contribution is 2.27. The van der Waals surface area contributed by atoms with Crippen LogP contribution in [0.25, 0.3) is 0 Å². The fourth-order valence-corrected chi connectivity index (χ4v) is 2.18. The minimum absolute atomic E-state index is 0.0269. The highest BCUT2D eigenvalue weighted by molar-refractivity contribution is 9.10. The minimum atomic E-state index is -0.479. The van der Waals surface area contributed by atoms with Crippen molar-refractivity contribution in [2.45, 2.75) is 18.9 Å². The molecule has 0 aliphatic rings. The van der Waals surface area contributed by atoms with E-state index >= 15 is 0 Å². The second-order valence-electron chi connectivity index (χ2n) is 4.07. The molecule has 2 aromatic rings. The lowest BCUT2D eigenvalue weighted by molar-refractivity contribution is 0.167. The first-order valence-corrected chi connectivity index (χ1v) is 7.07. The van der Waals surface area contributed by atoms with Gasteiger partial charge in [-0.15, -0.1) is 5.10 Å². The van der Waals surface area contributed by atoms with Crippen molar-refractivity contribution in [3.05, 3.63) is 39.6 Å². The van der Waals surface area contributed by atoms with Crippen LogP contribution in [0.15, 0.2) is 22.9 Å². The molecule has 0 aliphatic carbocycles. The molecule has 1 unspecified atom stereocenters. The Labute approximate surface area is 128 Å². The standard InChI is InChI=1S/C12H12BrClFN3O2/c13-12-16-11(17-18-12)10(2-1-3-19)20-9-5-7(14)4-8(15)6-9/h4-6,10,19H,1-3H2,(H,16,17,18). The van der Waals surface area contributed by atoms with Gasteiger partial charge in [0.05, 0.1) is 0 Å². The second-order valence-corrected chi connectivity index (χ2v) is 5.21. The molecule has 0 saturated heterocycles. The summed E-state index contributed by atoms with van der Waals surface area (Å²) in [6.07, 6.45) is 0.553. The van der Waals surface area contributed by atoms with E-state index in [-0.39, 0.29) is 11.6 Å². The molecule has 8 heteroatoms. The molecule has 20 heavy (non-hydrogen) atoms. The van der Waals surface area contributed by atoms with Gasteiger partial charge in [-0.2, -0.15) is 0 Å². The molecule has 0 saturated carbocycles. The third-order valence-corrected chi connectivity index (χ3v) is 3.09. The van der Waals surface area contributed by atoms with Gasteiger partial charge in [-0.25, -0.2) is 9.37 Å². The first-order valence-electron chi connectivity index (χ1n) is 5.90. The molecule has 0 radical (unpaired) electrons. The quantitative estimate of drug-likeness (QED) is 0.825. The van der Waals surface area contributed by atoms with Gasteiger partial charge in [0, 0.05) is 17.7 Å². The largest absolute Gasteiger partial charge is 0.482 e.